The van der Waals surface area contributed by atoms with Crippen LogP contribution < -0.4 is 4.74 Å². The van der Waals surface area contributed by atoms with Gasteiger partial charge in [-0.1, -0.05) is 23.7 Å². The molecule has 0 saturated carbocycles. The Morgan fingerprint density at radius 1 is 1.17 bits per heavy atom. The summed E-state index contributed by atoms with van der Waals surface area (Å²) in [4.78, 5) is 11.6. The Balaban J connectivity index is 2.07. The van der Waals surface area contributed by atoms with Crippen molar-refractivity contribution in [1.82, 2.24) is 14.8 Å². The van der Waals surface area contributed by atoms with Crippen LogP contribution in [-0.4, -0.2) is 33.0 Å². The minimum absolute atomic E-state index is 0.0549. The molecule has 0 bridgehead atoms. The zero-order chi connectivity index (χ0) is 25.7. The average Bonchev–Trinajstić information content (AvgIpc) is 3.16. The highest BCUT2D eigenvalue weighted by Gasteiger charge is 2.45. The fraction of sp³-hybridized carbons (Fsp3) is 0.286. The van der Waals surface area contributed by atoms with Gasteiger partial charge in [0.2, 0.25) is 5.82 Å². The summed E-state index contributed by atoms with van der Waals surface area (Å²) in [5, 5.41) is 12.5. The van der Waals surface area contributed by atoms with Crippen molar-refractivity contribution >= 4 is 29.2 Å². The summed E-state index contributed by atoms with van der Waals surface area (Å²) in [6.45, 7) is 0. The number of benzene rings is 2. The van der Waals surface area contributed by atoms with Crippen molar-refractivity contribution in [2.75, 3.05) is 7.11 Å². The van der Waals surface area contributed by atoms with Crippen molar-refractivity contribution < 1.29 is 41.3 Å². The first kappa shape index (κ1) is 25.1. The van der Waals surface area contributed by atoms with Gasteiger partial charge in [0.05, 0.1) is 19.2 Å². The number of ether oxygens (including phenoxy) is 2. The van der Waals surface area contributed by atoms with Gasteiger partial charge in [-0.3, -0.25) is 9.36 Å². The highest BCUT2D eigenvalue weighted by atomic mass is 35.5. The second-order valence-electron chi connectivity index (χ2n) is 7.44. The van der Waals surface area contributed by atoms with E-state index >= 15 is 0 Å². The van der Waals surface area contributed by atoms with Crippen molar-refractivity contribution in [2.24, 2.45) is 0 Å². The van der Waals surface area contributed by atoms with E-state index in [2.05, 4.69) is 10.2 Å². The first-order valence-corrected chi connectivity index (χ1v) is 10.5. The van der Waals surface area contributed by atoms with Gasteiger partial charge in [0.25, 0.3) is 0 Å². The molecule has 0 radical (unpaired) electrons. The van der Waals surface area contributed by atoms with Crippen LogP contribution in [0.3, 0.4) is 0 Å². The molecule has 1 N–H and O–H groups in total. The molecule has 2 atom stereocenters. The van der Waals surface area contributed by atoms with Gasteiger partial charge in [0, 0.05) is 16.1 Å². The second-order valence-corrected chi connectivity index (χ2v) is 8.35. The molecule has 0 fully saturated rings. The standard InChI is InChI=1S/C21H14Cl2F5N3O4/c1-34-13-4-2-3-10(16(13)21(26,27)28)17-11-7-9(22)5-6-12(11)31-18(14(35-17)8-15(32)33)29-30-19(31)20(23,24)25/h2-7,14,17H,8H2,1H3,(H,32,33)/t14-,17-/m1/s1. The number of rotatable bonds is 5. The number of nitrogens with zero attached hydrogens (tertiary/aromatic N) is 3. The van der Waals surface area contributed by atoms with Crippen molar-refractivity contribution in [3.63, 3.8) is 0 Å². The van der Waals surface area contributed by atoms with E-state index in [9.17, 15) is 31.9 Å². The number of carboxylic acid groups (broad SMARTS) is 1. The van der Waals surface area contributed by atoms with Crippen molar-refractivity contribution in [3.8, 4) is 11.4 Å². The van der Waals surface area contributed by atoms with E-state index in [0.717, 1.165) is 23.8 Å². The number of carboxylic acids is 1. The third-order valence-electron chi connectivity index (χ3n) is 5.25. The number of fused-ring (bicyclic) bond motifs is 3. The van der Waals surface area contributed by atoms with E-state index in [0.29, 0.717) is 0 Å². The van der Waals surface area contributed by atoms with Gasteiger partial charge >= 0.3 is 17.5 Å². The molecule has 0 aliphatic carbocycles. The van der Waals surface area contributed by atoms with Gasteiger partial charge in [0.1, 0.15) is 23.5 Å². The molecule has 14 heteroatoms. The van der Waals surface area contributed by atoms with Crippen molar-refractivity contribution in [2.45, 2.75) is 30.2 Å². The minimum Gasteiger partial charge on any atom is -0.496 e. The Labute approximate surface area is 204 Å². The number of hydrogen-bond acceptors (Lipinski definition) is 5. The summed E-state index contributed by atoms with van der Waals surface area (Å²) in [7, 11) is 1.05. The number of aromatic nitrogens is 3. The summed E-state index contributed by atoms with van der Waals surface area (Å²) in [5.74, 6) is -3.40. The van der Waals surface area contributed by atoms with E-state index in [4.69, 9.17) is 32.7 Å². The molecule has 7 nitrogen and oxygen atoms in total. The quantitative estimate of drug-likeness (QED) is 0.323. The molecule has 3 aromatic rings. The van der Waals surface area contributed by atoms with Gasteiger partial charge in [0.15, 0.2) is 5.82 Å². The molecule has 0 amide bonds. The summed E-state index contributed by atoms with van der Waals surface area (Å²) in [6.07, 6.45) is -8.94. The maximum atomic E-state index is 14.2. The van der Waals surface area contributed by atoms with Crippen molar-refractivity contribution in [3.05, 3.63) is 69.8 Å². The van der Waals surface area contributed by atoms with Crippen LogP contribution in [0.1, 0.15) is 47.0 Å². The summed E-state index contributed by atoms with van der Waals surface area (Å²) in [6, 6.07) is 7.28. The molecule has 2 aromatic carbocycles. The lowest BCUT2D eigenvalue weighted by Crippen LogP contribution is -2.19. The molecule has 0 spiro atoms. The van der Waals surface area contributed by atoms with Crippen LogP contribution in [0, 0.1) is 0 Å². The van der Waals surface area contributed by atoms with Crippen LogP contribution in [0.4, 0.5) is 22.0 Å². The molecule has 0 saturated heterocycles. The monoisotopic (exact) mass is 537 g/mol. The van der Waals surface area contributed by atoms with E-state index in [1.165, 1.54) is 24.3 Å². The molecule has 4 rings (SSSR count). The predicted molar refractivity (Wildman–Crippen MR) is 112 cm³/mol. The number of carbonyl (C=O) groups is 1. The Kier molecular flexibility index (Phi) is 6.41. The normalized spacial score (nSPS) is 17.9. The lowest BCUT2D eigenvalue weighted by Gasteiger charge is -2.26. The van der Waals surface area contributed by atoms with Gasteiger partial charge in [-0.15, -0.1) is 10.2 Å². The third-order valence-corrected chi connectivity index (χ3v) is 5.65. The molecule has 1 aliphatic rings. The van der Waals surface area contributed by atoms with Gasteiger partial charge in [-0.2, -0.15) is 22.0 Å². The average molecular weight is 538 g/mol. The Bertz CT molecular complexity index is 1290. The van der Waals surface area contributed by atoms with Crippen LogP contribution in [0.25, 0.3) is 5.69 Å². The van der Waals surface area contributed by atoms with Crippen LogP contribution in [0.5, 0.6) is 5.75 Å². The topological polar surface area (TPSA) is 86.5 Å². The molecular weight excluding hydrogens is 524 g/mol. The summed E-state index contributed by atoms with van der Waals surface area (Å²) < 4.78 is 82.4. The van der Waals surface area contributed by atoms with E-state index < -0.39 is 58.9 Å². The summed E-state index contributed by atoms with van der Waals surface area (Å²) in [5.41, 5.74) is -1.83. The second kappa shape index (κ2) is 8.92. The lowest BCUT2D eigenvalue weighted by atomic mass is 9.94. The van der Waals surface area contributed by atoms with Crippen LogP contribution >= 0.6 is 23.2 Å². The number of hydrogen-bond donors (Lipinski definition) is 1. The van der Waals surface area contributed by atoms with Crippen LogP contribution in [0.15, 0.2) is 36.4 Å². The van der Waals surface area contributed by atoms with Crippen LogP contribution in [-0.2, 0) is 21.1 Å². The SMILES string of the molecule is COc1cccc([C@H]2O[C@H](CC(=O)O)c3nnc(C(F)(F)Cl)n3-c3ccc(Cl)cc32)c1C(F)(F)F. The number of halogens is 7. The maximum absolute atomic E-state index is 14.2. The minimum atomic E-state index is -4.91. The van der Waals surface area contributed by atoms with Crippen LogP contribution in [0.2, 0.25) is 5.02 Å². The van der Waals surface area contributed by atoms with E-state index in [1.807, 2.05) is 0 Å². The fourth-order valence-corrected chi connectivity index (χ4v) is 4.25. The Morgan fingerprint density at radius 3 is 2.49 bits per heavy atom. The maximum Gasteiger partial charge on any atom is 0.420 e. The Hall–Kier alpha value is -2.96. The first-order valence-electron chi connectivity index (χ1n) is 9.76. The molecule has 35 heavy (non-hydrogen) atoms. The predicted octanol–water partition coefficient (Wildman–Crippen LogP) is 5.87. The van der Waals surface area contributed by atoms with E-state index in [1.54, 1.807) is 0 Å². The highest BCUT2D eigenvalue weighted by Crippen LogP contribution is 2.48. The first-order chi connectivity index (χ1) is 16.3. The van der Waals surface area contributed by atoms with E-state index in [-0.39, 0.29) is 22.1 Å². The summed E-state index contributed by atoms with van der Waals surface area (Å²) >= 11 is 11.3. The van der Waals surface area contributed by atoms with Crippen molar-refractivity contribution in [1.29, 1.82) is 0 Å². The molecule has 0 unspecified atom stereocenters. The zero-order valence-corrected chi connectivity index (χ0v) is 19.0. The molecule has 186 valence electrons. The lowest BCUT2D eigenvalue weighted by molar-refractivity contribution is -0.144. The molecule has 1 aromatic heterocycles. The Morgan fingerprint density at radius 2 is 1.89 bits per heavy atom. The van der Waals surface area contributed by atoms with Gasteiger partial charge < -0.3 is 14.6 Å². The zero-order valence-electron chi connectivity index (χ0n) is 17.5. The van der Waals surface area contributed by atoms with Gasteiger partial charge in [-0.05, 0) is 35.9 Å². The smallest absolute Gasteiger partial charge is 0.420 e. The highest BCUT2D eigenvalue weighted by molar-refractivity contribution is 6.30. The fourth-order valence-electron chi connectivity index (χ4n) is 3.94. The molecule has 2 heterocycles. The number of aliphatic carboxylic acids is 1. The largest absolute Gasteiger partial charge is 0.496 e. The third kappa shape index (κ3) is 4.65. The van der Waals surface area contributed by atoms with Gasteiger partial charge in [-0.25, -0.2) is 0 Å². The molecule has 1 aliphatic heterocycles. The number of methoxy groups -OCH3 is 1. The molecular formula is C21H14Cl2F5N3O4. The number of alkyl halides is 6.